The lowest BCUT2D eigenvalue weighted by Crippen LogP contribution is -2.70. The van der Waals surface area contributed by atoms with Crippen LogP contribution in [0.15, 0.2) is 30.3 Å². The lowest BCUT2D eigenvalue weighted by molar-refractivity contribution is -0.383. The molecule has 0 aromatic heterocycles. The molecule has 11 heteroatoms. The summed E-state index contributed by atoms with van der Waals surface area (Å²) in [6, 6.07) is 7.84. The molecular formula is C26H34O11. The van der Waals surface area contributed by atoms with E-state index in [1.54, 1.807) is 18.2 Å². The molecule has 0 radical (unpaired) electrons. The predicted octanol–water partition coefficient (Wildman–Crippen LogP) is -0.156. The molecular weight excluding hydrogens is 488 g/mol. The molecule has 204 valence electrons. The van der Waals surface area contributed by atoms with Gasteiger partial charge in [0, 0.05) is 25.6 Å². The monoisotopic (exact) mass is 522 g/mol. The van der Waals surface area contributed by atoms with Crippen molar-refractivity contribution in [1.29, 1.82) is 0 Å². The van der Waals surface area contributed by atoms with Crippen molar-refractivity contribution in [2.24, 2.45) is 11.8 Å². The Hall–Kier alpha value is -2.64. The van der Waals surface area contributed by atoms with Gasteiger partial charge in [0.1, 0.15) is 24.4 Å². The summed E-state index contributed by atoms with van der Waals surface area (Å²) in [7, 11) is 4.09. The number of hydrogen-bond acceptors (Lipinski definition) is 11. The maximum Gasteiger partial charge on any atom is 0.201 e. The second-order valence-electron chi connectivity index (χ2n) is 9.49. The quantitative estimate of drug-likeness (QED) is 0.257. The van der Waals surface area contributed by atoms with Crippen LogP contribution in [0.5, 0.6) is 23.0 Å². The average molecular weight is 523 g/mol. The van der Waals surface area contributed by atoms with E-state index in [4.69, 9.17) is 18.9 Å². The fourth-order valence-corrected chi connectivity index (χ4v) is 5.89. The van der Waals surface area contributed by atoms with E-state index in [2.05, 4.69) is 0 Å². The van der Waals surface area contributed by atoms with Gasteiger partial charge in [0.05, 0.1) is 20.8 Å². The Bertz CT molecular complexity index is 1110. The van der Waals surface area contributed by atoms with Gasteiger partial charge in [0.25, 0.3) is 0 Å². The van der Waals surface area contributed by atoms with Crippen LogP contribution in [0.25, 0.3) is 0 Å². The first-order valence-corrected chi connectivity index (χ1v) is 11.9. The fourth-order valence-electron chi connectivity index (χ4n) is 5.89. The third-order valence-electron chi connectivity index (χ3n) is 7.69. The minimum atomic E-state index is -2.00. The number of hydrogen-bond donors (Lipinski definition) is 7. The highest BCUT2D eigenvalue weighted by Crippen LogP contribution is 2.54. The number of phenols is 2. The second-order valence-corrected chi connectivity index (χ2v) is 9.49. The Morgan fingerprint density at radius 1 is 0.892 bits per heavy atom. The maximum atomic E-state index is 11.3. The molecule has 0 bridgehead atoms. The summed E-state index contributed by atoms with van der Waals surface area (Å²) in [6.45, 7) is -1.04. The van der Waals surface area contributed by atoms with Crippen LogP contribution in [-0.4, -0.2) is 100 Å². The fraction of sp³-hybridized carbons (Fsp3) is 0.538. The first kappa shape index (κ1) is 27.4. The molecule has 1 aliphatic carbocycles. The van der Waals surface area contributed by atoms with Crippen LogP contribution >= 0.6 is 0 Å². The van der Waals surface area contributed by atoms with E-state index in [9.17, 15) is 35.7 Å². The van der Waals surface area contributed by atoms with Gasteiger partial charge in [-0.3, -0.25) is 0 Å². The smallest absolute Gasteiger partial charge is 0.201 e. The molecule has 2 aromatic carbocycles. The third-order valence-corrected chi connectivity index (χ3v) is 7.69. The molecule has 0 saturated carbocycles. The number of benzene rings is 2. The van der Waals surface area contributed by atoms with Crippen molar-refractivity contribution in [3.05, 3.63) is 47.0 Å². The molecule has 2 unspecified atom stereocenters. The number of aliphatic hydroxyl groups excluding tert-OH is 5. The Balaban J connectivity index is 2.00. The van der Waals surface area contributed by atoms with E-state index >= 15 is 0 Å². The van der Waals surface area contributed by atoms with Gasteiger partial charge in [-0.1, -0.05) is 6.07 Å². The summed E-state index contributed by atoms with van der Waals surface area (Å²) in [6.07, 6.45) is -6.12. The van der Waals surface area contributed by atoms with Crippen molar-refractivity contribution >= 4 is 0 Å². The van der Waals surface area contributed by atoms with Crippen molar-refractivity contribution < 1.29 is 54.7 Å². The van der Waals surface area contributed by atoms with Gasteiger partial charge in [-0.15, -0.1) is 0 Å². The summed E-state index contributed by atoms with van der Waals surface area (Å²) in [5.74, 6) is -4.12. The van der Waals surface area contributed by atoms with Crippen LogP contribution in [0.3, 0.4) is 0 Å². The van der Waals surface area contributed by atoms with Crippen LogP contribution in [0.1, 0.15) is 22.6 Å². The summed E-state index contributed by atoms with van der Waals surface area (Å²) < 4.78 is 22.4. The number of methoxy groups -OCH3 is 3. The number of phenolic OH excluding ortho intramolecular Hbond substituents is 2. The molecule has 1 saturated heterocycles. The van der Waals surface area contributed by atoms with Crippen LogP contribution in [-0.2, 0) is 15.9 Å². The summed E-state index contributed by atoms with van der Waals surface area (Å²) in [5.41, 5.74) is 1.92. The van der Waals surface area contributed by atoms with Crippen LogP contribution in [0, 0.1) is 11.8 Å². The average Bonchev–Trinajstić information content (AvgIpc) is 2.91. The van der Waals surface area contributed by atoms with E-state index in [1.165, 1.54) is 33.5 Å². The van der Waals surface area contributed by atoms with Gasteiger partial charge >= 0.3 is 0 Å². The number of aromatic hydroxyl groups is 2. The van der Waals surface area contributed by atoms with E-state index in [0.717, 1.165) is 5.56 Å². The first-order chi connectivity index (χ1) is 17.7. The molecule has 11 nitrogen and oxygen atoms in total. The Morgan fingerprint density at radius 3 is 2.16 bits per heavy atom. The van der Waals surface area contributed by atoms with Crippen molar-refractivity contribution in [2.45, 2.75) is 42.5 Å². The molecule has 4 rings (SSSR count). The van der Waals surface area contributed by atoms with Gasteiger partial charge in [-0.05, 0) is 53.3 Å². The molecule has 1 aliphatic heterocycles. The van der Waals surface area contributed by atoms with Crippen LogP contribution < -0.4 is 9.47 Å². The molecule has 8 atom stereocenters. The summed E-state index contributed by atoms with van der Waals surface area (Å²) in [5, 5.41) is 73.7. The minimum Gasteiger partial charge on any atom is -0.504 e. The number of aliphatic hydroxyl groups is 5. The molecule has 1 heterocycles. The van der Waals surface area contributed by atoms with Crippen LogP contribution in [0.2, 0.25) is 0 Å². The maximum absolute atomic E-state index is 11.3. The first-order valence-electron chi connectivity index (χ1n) is 11.9. The summed E-state index contributed by atoms with van der Waals surface area (Å²) in [4.78, 5) is 0. The molecule has 7 N–H and O–H groups in total. The highest BCUT2D eigenvalue weighted by molar-refractivity contribution is 5.54. The zero-order valence-corrected chi connectivity index (χ0v) is 20.8. The normalized spacial score (nSPS) is 33.6. The van der Waals surface area contributed by atoms with E-state index < -0.39 is 54.6 Å². The van der Waals surface area contributed by atoms with Crippen molar-refractivity contribution in [1.82, 2.24) is 0 Å². The van der Waals surface area contributed by atoms with Crippen molar-refractivity contribution in [3.63, 3.8) is 0 Å². The van der Waals surface area contributed by atoms with Crippen LogP contribution in [0.4, 0.5) is 0 Å². The molecule has 2 aliphatic rings. The van der Waals surface area contributed by atoms with Crippen molar-refractivity contribution in [3.8, 4) is 23.0 Å². The standard InChI is InChI=1S/C26H34O11/c1-34-18-7-12(4-5-16(18)29)21-15-9-17(30)19(35-2)8-13(15)6-14(10-27)22(21)26(36-3)25(33)24(32)23(31)20(11-28)37-26/h4-5,7-9,14,20-25,27-33H,6,10-11H2,1-3H3/t14-,20+,21-,22?,23+,24-,25+,26?/m0/s1. The number of rotatable bonds is 7. The molecule has 0 spiro atoms. The van der Waals surface area contributed by atoms with E-state index in [1.807, 2.05) is 0 Å². The number of fused-ring (bicyclic) bond motifs is 1. The highest BCUT2D eigenvalue weighted by atomic mass is 16.7. The van der Waals surface area contributed by atoms with E-state index in [0.29, 0.717) is 11.1 Å². The largest absolute Gasteiger partial charge is 0.504 e. The SMILES string of the molecule is COc1cc([C@H]2c3cc(O)c(OC)cc3C[C@@H](CO)C2C2(OC)O[C@H](CO)[C@@H](O)[C@H](O)[C@H]2O)ccc1O. The number of ether oxygens (including phenoxy) is 4. The van der Waals surface area contributed by atoms with Gasteiger partial charge in [-0.2, -0.15) is 0 Å². The lowest BCUT2D eigenvalue weighted by atomic mass is 9.61. The third kappa shape index (κ3) is 4.40. The Kier molecular flexibility index (Phi) is 7.86. The Morgan fingerprint density at radius 2 is 1.57 bits per heavy atom. The molecule has 0 amide bonds. The highest BCUT2D eigenvalue weighted by Gasteiger charge is 2.62. The molecule has 2 aromatic rings. The Labute approximate surface area is 214 Å². The van der Waals surface area contributed by atoms with Crippen molar-refractivity contribution in [2.75, 3.05) is 34.5 Å². The summed E-state index contributed by atoms with van der Waals surface area (Å²) >= 11 is 0. The van der Waals surface area contributed by atoms with Gasteiger partial charge < -0.3 is 54.7 Å². The molecule has 37 heavy (non-hydrogen) atoms. The molecule has 1 fully saturated rings. The van der Waals surface area contributed by atoms with Gasteiger partial charge in [0.2, 0.25) is 5.79 Å². The van der Waals surface area contributed by atoms with E-state index in [-0.39, 0.29) is 36.0 Å². The topological polar surface area (TPSA) is 179 Å². The zero-order valence-electron chi connectivity index (χ0n) is 20.8. The minimum absolute atomic E-state index is 0.107. The zero-order chi connectivity index (χ0) is 27.1. The second kappa shape index (κ2) is 10.6. The predicted molar refractivity (Wildman–Crippen MR) is 129 cm³/mol. The van der Waals surface area contributed by atoms with Gasteiger partial charge in [-0.25, -0.2) is 0 Å². The lowest BCUT2D eigenvalue weighted by Gasteiger charge is -2.55. The van der Waals surface area contributed by atoms with Gasteiger partial charge in [0.15, 0.2) is 23.0 Å².